The third-order valence-corrected chi connectivity index (χ3v) is 3.11. The van der Waals surface area contributed by atoms with Gasteiger partial charge in [-0.3, -0.25) is 0 Å². The summed E-state index contributed by atoms with van der Waals surface area (Å²) in [6.07, 6.45) is 0. The van der Waals surface area contributed by atoms with Gasteiger partial charge in [-0.1, -0.05) is 23.2 Å². The Kier molecular flexibility index (Phi) is 4.61. The van der Waals surface area contributed by atoms with Crippen molar-refractivity contribution in [3.63, 3.8) is 0 Å². The molecule has 0 aromatic heterocycles. The van der Waals surface area contributed by atoms with Crippen molar-refractivity contribution in [1.29, 1.82) is 0 Å². The topological polar surface area (TPSA) is 37.3 Å². The van der Waals surface area contributed by atoms with Gasteiger partial charge in [0.05, 0.1) is 0 Å². The van der Waals surface area contributed by atoms with E-state index >= 15 is 0 Å². The molecule has 13 heteroatoms. The average molecular weight is 363 g/mol. The number of carboxylic acid groups (broad SMARTS) is 1. The standard InChI is InChI=1S/C6HCl3F8O2/c7-3(12,2(10,11)1(18)19)5(14,15)4(8,13)6(9,16)17/h(H,18,19)/t3-,4+/m0/s1. The second kappa shape index (κ2) is 4.66. The van der Waals surface area contributed by atoms with Crippen LogP contribution in [0.2, 0.25) is 0 Å². The van der Waals surface area contributed by atoms with Gasteiger partial charge in [0.15, 0.2) is 0 Å². The Bertz CT molecular complexity index is 377. The Morgan fingerprint density at radius 2 is 1.11 bits per heavy atom. The van der Waals surface area contributed by atoms with Gasteiger partial charge >= 0.3 is 33.5 Å². The lowest BCUT2D eigenvalue weighted by Gasteiger charge is -2.38. The normalized spacial score (nSPS) is 20.6. The summed E-state index contributed by atoms with van der Waals surface area (Å²) in [5, 5.41) is -9.95. The summed E-state index contributed by atoms with van der Waals surface area (Å²) in [6.45, 7) is 0. The van der Waals surface area contributed by atoms with E-state index in [2.05, 4.69) is 34.8 Å². The van der Waals surface area contributed by atoms with Crippen molar-refractivity contribution in [2.45, 2.75) is 27.5 Å². The monoisotopic (exact) mass is 362 g/mol. The fraction of sp³-hybridized carbons (Fsp3) is 0.833. The van der Waals surface area contributed by atoms with E-state index in [1.807, 2.05) is 0 Å². The fourth-order valence-electron chi connectivity index (χ4n) is 0.707. The molecule has 0 bridgehead atoms. The lowest BCUT2D eigenvalue weighted by atomic mass is 10.0. The molecule has 0 fully saturated rings. The largest absolute Gasteiger partial charge is 0.477 e. The SMILES string of the molecule is O=C(O)C(F)(F)[C@@](F)(Cl)C(F)(F)[C@](F)(Cl)C(F)(F)Cl. The predicted octanol–water partition coefficient (Wildman–Crippen LogP) is 3.98. The summed E-state index contributed by atoms with van der Waals surface area (Å²) < 4.78 is 102. The van der Waals surface area contributed by atoms with Crippen molar-refractivity contribution in [3.8, 4) is 0 Å². The van der Waals surface area contributed by atoms with E-state index in [0.29, 0.717) is 0 Å². The summed E-state index contributed by atoms with van der Waals surface area (Å²) in [5.74, 6) is -16.3. The zero-order valence-corrected chi connectivity index (χ0v) is 10.3. The van der Waals surface area contributed by atoms with Crippen molar-refractivity contribution in [3.05, 3.63) is 0 Å². The molecule has 1 N–H and O–H groups in total. The van der Waals surface area contributed by atoms with Crippen LogP contribution in [-0.4, -0.2) is 38.6 Å². The van der Waals surface area contributed by atoms with Gasteiger partial charge in [-0.05, 0) is 11.6 Å². The summed E-state index contributed by atoms with van der Waals surface area (Å²) in [7, 11) is 0. The molecular formula is C6HCl3F8O2. The molecule has 0 radical (unpaired) electrons. The first-order chi connectivity index (χ1) is 7.94. The van der Waals surface area contributed by atoms with Crippen LogP contribution in [0.1, 0.15) is 0 Å². The smallest absolute Gasteiger partial charge is 0.395 e. The number of carboxylic acids is 1. The van der Waals surface area contributed by atoms with E-state index in [4.69, 9.17) is 5.11 Å². The number of hydrogen-bond donors (Lipinski definition) is 1. The van der Waals surface area contributed by atoms with Gasteiger partial charge in [0.25, 0.3) is 0 Å². The Hall–Kier alpha value is -0.220. The van der Waals surface area contributed by atoms with Crippen molar-refractivity contribution >= 4 is 40.8 Å². The molecule has 0 aliphatic carbocycles. The zero-order valence-electron chi connectivity index (χ0n) is 8.01. The number of hydrogen-bond acceptors (Lipinski definition) is 1. The molecule has 0 heterocycles. The maximum atomic E-state index is 13.1. The summed E-state index contributed by atoms with van der Waals surface area (Å²) in [5.41, 5.74) is 0. The number of halogens is 11. The molecule has 0 spiro atoms. The minimum absolute atomic E-state index is 3.56. The summed E-state index contributed by atoms with van der Waals surface area (Å²) in [6, 6.07) is 0. The molecule has 0 unspecified atom stereocenters. The zero-order chi connectivity index (χ0) is 16.1. The molecule has 0 rings (SSSR count). The van der Waals surface area contributed by atoms with Crippen molar-refractivity contribution < 1.29 is 45.0 Å². The van der Waals surface area contributed by atoms with E-state index < -0.39 is 33.5 Å². The van der Waals surface area contributed by atoms with Crippen LogP contribution < -0.4 is 0 Å². The predicted molar refractivity (Wildman–Crippen MR) is 47.7 cm³/mol. The second-order valence-corrected chi connectivity index (χ2v) is 4.62. The highest BCUT2D eigenvalue weighted by Crippen LogP contribution is 2.59. The van der Waals surface area contributed by atoms with Crippen molar-refractivity contribution in [2.24, 2.45) is 0 Å². The lowest BCUT2D eigenvalue weighted by molar-refractivity contribution is -0.265. The van der Waals surface area contributed by atoms with Gasteiger partial charge in [0.2, 0.25) is 0 Å². The van der Waals surface area contributed by atoms with E-state index in [0.717, 1.165) is 0 Å². The van der Waals surface area contributed by atoms with E-state index in [9.17, 15) is 39.9 Å². The molecule has 2 atom stereocenters. The molecule has 114 valence electrons. The van der Waals surface area contributed by atoms with Gasteiger partial charge in [0, 0.05) is 0 Å². The molecule has 0 amide bonds. The molecule has 0 aromatic rings. The quantitative estimate of drug-likeness (QED) is 0.593. The molecular weight excluding hydrogens is 362 g/mol. The van der Waals surface area contributed by atoms with Gasteiger partial charge in [-0.25, -0.2) is 13.6 Å². The number of aliphatic carboxylic acids is 1. The van der Waals surface area contributed by atoms with E-state index in [-0.39, 0.29) is 0 Å². The highest BCUT2D eigenvalue weighted by atomic mass is 35.5. The second-order valence-electron chi connectivity index (χ2n) is 3.10. The van der Waals surface area contributed by atoms with Crippen LogP contribution in [0.25, 0.3) is 0 Å². The summed E-state index contributed by atoms with van der Waals surface area (Å²) >= 11 is 11.7. The molecule has 19 heavy (non-hydrogen) atoms. The Labute approximate surface area is 114 Å². The van der Waals surface area contributed by atoms with Gasteiger partial charge < -0.3 is 5.11 Å². The Morgan fingerprint density at radius 3 is 1.32 bits per heavy atom. The maximum absolute atomic E-state index is 13.1. The van der Waals surface area contributed by atoms with Crippen LogP contribution >= 0.6 is 34.8 Å². The third kappa shape index (κ3) is 2.54. The van der Waals surface area contributed by atoms with Gasteiger partial charge in [0.1, 0.15) is 0 Å². The van der Waals surface area contributed by atoms with E-state index in [1.165, 1.54) is 0 Å². The van der Waals surface area contributed by atoms with Gasteiger partial charge in [-0.15, -0.1) is 0 Å². The molecule has 0 saturated carbocycles. The van der Waals surface area contributed by atoms with Crippen LogP contribution in [0.15, 0.2) is 0 Å². The third-order valence-electron chi connectivity index (χ3n) is 1.81. The van der Waals surface area contributed by atoms with Crippen molar-refractivity contribution in [2.75, 3.05) is 0 Å². The maximum Gasteiger partial charge on any atom is 0.395 e. The number of carbonyl (C=O) groups is 1. The van der Waals surface area contributed by atoms with Crippen LogP contribution in [0.3, 0.4) is 0 Å². The average Bonchev–Trinajstić information content (AvgIpc) is 2.14. The highest BCUT2D eigenvalue weighted by molar-refractivity contribution is 6.34. The minimum atomic E-state index is -6.57. The molecule has 0 aliphatic heterocycles. The van der Waals surface area contributed by atoms with Crippen LogP contribution in [0.4, 0.5) is 35.1 Å². The van der Waals surface area contributed by atoms with Crippen LogP contribution in [-0.2, 0) is 4.79 Å². The number of rotatable bonds is 5. The van der Waals surface area contributed by atoms with Crippen LogP contribution in [0.5, 0.6) is 0 Å². The fourth-order valence-corrected chi connectivity index (χ4v) is 1.21. The molecule has 0 aliphatic rings. The lowest BCUT2D eigenvalue weighted by Crippen LogP contribution is -2.66. The Balaban J connectivity index is 5.99. The van der Waals surface area contributed by atoms with Gasteiger partial charge in [-0.2, -0.15) is 26.3 Å². The molecule has 0 saturated heterocycles. The first-order valence-corrected chi connectivity index (χ1v) is 4.89. The highest BCUT2D eigenvalue weighted by Gasteiger charge is 2.85. The number of alkyl halides is 11. The molecule has 0 aromatic carbocycles. The first kappa shape index (κ1) is 18.8. The van der Waals surface area contributed by atoms with Crippen molar-refractivity contribution in [1.82, 2.24) is 0 Å². The van der Waals surface area contributed by atoms with Crippen LogP contribution in [0, 0.1) is 0 Å². The minimum Gasteiger partial charge on any atom is -0.477 e. The summed E-state index contributed by atoms with van der Waals surface area (Å²) in [4.78, 5) is 9.90. The first-order valence-electron chi connectivity index (χ1n) is 3.76. The molecule has 2 nitrogen and oxygen atoms in total. The van der Waals surface area contributed by atoms with E-state index in [1.54, 1.807) is 0 Å². The Morgan fingerprint density at radius 1 is 0.789 bits per heavy atom.